The van der Waals surface area contributed by atoms with Crippen LogP contribution in [0.2, 0.25) is 0 Å². The van der Waals surface area contributed by atoms with Crippen molar-refractivity contribution in [2.45, 2.75) is 13.3 Å². The molecule has 1 N–H and O–H groups in total. The molecule has 0 fully saturated rings. The number of hydrogen-bond donors (Lipinski definition) is 1. The normalized spacial score (nSPS) is 10.5. The van der Waals surface area contributed by atoms with Gasteiger partial charge in [-0.1, -0.05) is 30.3 Å². The summed E-state index contributed by atoms with van der Waals surface area (Å²) in [6.45, 7) is 2.64. The number of ether oxygens (including phenoxy) is 1. The highest BCUT2D eigenvalue weighted by Gasteiger charge is 2.09. The maximum absolute atomic E-state index is 12.2. The second-order valence-electron chi connectivity index (χ2n) is 5.70. The maximum Gasteiger partial charge on any atom is 0.251 e. The van der Waals surface area contributed by atoms with Crippen molar-refractivity contribution < 1.29 is 9.53 Å². The minimum Gasteiger partial charge on any atom is -0.497 e. The first-order valence-corrected chi connectivity index (χ1v) is 8.98. The Hall–Kier alpha value is -2.66. The summed E-state index contributed by atoms with van der Waals surface area (Å²) in [5, 5.41) is 6.00. The summed E-state index contributed by atoms with van der Waals surface area (Å²) >= 11 is 1.64. The van der Waals surface area contributed by atoms with E-state index in [-0.39, 0.29) is 5.91 Å². The van der Waals surface area contributed by atoms with Gasteiger partial charge in [-0.25, -0.2) is 4.98 Å². The summed E-state index contributed by atoms with van der Waals surface area (Å²) in [5.41, 5.74) is 3.97. The Labute approximate surface area is 151 Å². The first kappa shape index (κ1) is 17.2. The molecule has 0 spiro atoms. The number of aromatic nitrogens is 1. The largest absolute Gasteiger partial charge is 0.497 e. The van der Waals surface area contributed by atoms with Gasteiger partial charge in [-0.2, -0.15) is 0 Å². The molecule has 3 aromatic rings. The molecule has 4 nitrogen and oxygen atoms in total. The Kier molecular flexibility index (Phi) is 5.46. The van der Waals surface area contributed by atoms with E-state index in [2.05, 4.69) is 34.7 Å². The predicted octanol–water partition coefficient (Wildman–Crippen LogP) is 4.10. The summed E-state index contributed by atoms with van der Waals surface area (Å²) in [4.78, 5) is 16.9. The lowest BCUT2D eigenvalue weighted by Crippen LogP contribution is -2.25. The van der Waals surface area contributed by atoms with Gasteiger partial charge in [0.2, 0.25) is 0 Å². The van der Waals surface area contributed by atoms with E-state index in [1.54, 1.807) is 30.6 Å². The summed E-state index contributed by atoms with van der Waals surface area (Å²) in [6.07, 6.45) is 0.706. The number of aryl methyl sites for hydroxylation is 1. The van der Waals surface area contributed by atoms with Gasteiger partial charge in [0.25, 0.3) is 5.91 Å². The highest BCUT2D eigenvalue weighted by atomic mass is 32.1. The van der Waals surface area contributed by atoms with Crippen LogP contribution in [-0.2, 0) is 6.42 Å². The molecule has 2 aromatic carbocycles. The lowest BCUT2D eigenvalue weighted by Gasteiger charge is -2.06. The molecule has 0 atom stereocenters. The topological polar surface area (TPSA) is 51.2 Å². The maximum atomic E-state index is 12.2. The van der Waals surface area contributed by atoms with Crippen LogP contribution in [0, 0.1) is 6.92 Å². The van der Waals surface area contributed by atoms with Gasteiger partial charge >= 0.3 is 0 Å². The van der Waals surface area contributed by atoms with Gasteiger partial charge in [-0.05, 0) is 30.7 Å². The van der Waals surface area contributed by atoms with Gasteiger partial charge in [0.15, 0.2) is 0 Å². The van der Waals surface area contributed by atoms with E-state index in [9.17, 15) is 4.79 Å². The first-order chi connectivity index (χ1) is 12.2. The van der Waals surface area contributed by atoms with E-state index in [1.165, 1.54) is 11.1 Å². The van der Waals surface area contributed by atoms with Gasteiger partial charge in [0.1, 0.15) is 10.8 Å². The van der Waals surface area contributed by atoms with Crippen LogP contribution in [0.25, 0.3) is 10.6 Å². The average Bonchev–Trinajstić information content (AvgIpc) is 3.10. The number of carbonyl (C=O) groups excluding carboxylic acids is 1. The summed E-state index contributed by atoms with van der Waals surface area (Å²) in [5.74, 6) is 0.572. The van der Waals surface area contributed by atoms with Gasteiger partial charge < -0.3 is 10.1 Å². The Morgan fingerprint density at radius 1 is 1.20 bits per heavy atom. The predicted molar refractivity (Wildman–Crippen MR) is 101 cm³/mol. The molecule has 0 unspecified atom stereocenters. The van der Waals surface area contributed by atoms with E-state index >= 15 is 0 Å². The second-order valence-corrected chi connectivity index (χ2v) is 6.55. The van der Waals surface area contributed by atoms with Crippen LogP contribution in [0.5, 0.6) is 5.75 Å². The van der Waals surface area contributed by atoms with Crippen molar-refractivity contribution in [3.8, 4) is 16.3 Å². The minimum absolute atomic E-state index is 0.103. The Bertz CT molecular complexity index is 873. The van der Waals surface area contributed by atoms with Crippen LogP contribution in [-0.4, -0.2) is 24.5 Å². The van der Waals surface area contributed by atoms with Gasteiger partial charge in [-0.15, -0.1) is 11.3 Å². The third kappa shape index (κ3) is 4.25. The molecule has 0 aliphatic heterocycles. The molecule has 0 saturated carbocycles. The third-order valence-corrected chi connectivity index (χ3v) is 4.85. The molecule has 0 radical (unpaired) electrons. The number of thiazole rings is 1. The molecule has 1 heterocycles. The van der Waals surface area contributed by atoms with Crippen LogP contribution in [0.1, 0.15) is 21.6 Å². The van der Waals surface area contributed by atoms with Crippen molar-refractivity contribution in [3.63, 3.8) is 0 Å². The molecular weight excluding hydrogens is 332 g/mol. The zero-order chi connectivity index (χ0) is 17.6. The minimum atomic E-state index is -0.103. The quantitative estimate of drug-likeness (QED) is 0.727. The smallest absolute Gasteiger partial charge is 0.251 e. The van der Waals surface area contributed by atoms with E-state index in [0.29, 0.717) is 24.3 Å². The van der Waals surface area contributed by atoms with E-state index in [4.69, 9.17) is 4.74 Å². The SMILES string of the molecule is COc1cccc(C(=O)NCCc2csc(-c3ccccc3C)n2)c1. The number of carbonyl (C=O) groups is 1. The molecule has 5 heteroatoms. The van der Waals surface area contributed by atoms with Crippen LogP contribution < -0.4 is 10.1 Å². The zero-order valence-electron chi connectivity index (χ0n) is 14.3. The highest BCUT2D eigenvalue weighted by molar-refractivity contribution is 7.13. The van der Waals surface area contributed by atoms with Crippen LogP contribution >= 0.6 is 11.3 Å². The first-order valence-electron chi connectivity index (χ1n) is 8.10. The summed E-state index contributed by atoms with van der Waals surface area (Å²) in [6, 6.07) is 15.4. The standard InChI is InChI=1S/C20H20N2O2S/c1-14-6-3-4-9-18(14)20-22-16(13-25-20)10-11-21-19(23)15-7-5-8-17(12-15)24-2/h3-9,12-13H,10-11H2,1-2H3,(H,21,23). The second kappa shape index (κ2) is 7.94. The van der Waals surface area contributed by atoms with Crippen molar-refractivity contribution in [2.24, 2.45) is 0 Å². The molecule has 128 valence electrons. The zero-order valence-corrected chi connectivity index (χ0v) is 15.1. The number of rotatable bonds is 6. The molecule has 0 aliphatic rings. The van der Waals surface area contributed by atoms with Crippen LogP contribution in [0.4, 0.5) is 0 Å². The third-order valence-electron chi connectivity index (χ3n) is 3.93. The fourth-order valence-corrected chi connectivity index (χ4v) is 3.47. The number of nitrogens with one attached hydrogen (secondary N) is 1. The van der Waals surface area contributed by atoms with Crippen molar-refractivity contribution in [3.05, 3.63) is 70.7 Å². The van der Waals surface area contributed by atoms with Crippen molar-refractivity contribution in [1.29, 1.82) is 0 Å². The molecule has 0 aliphatic carbocycles. The number of benzene rings is 2. The molecule has 3 rings (SSSR count). The molecular formula is C20H20N2O2S. The highest BCUT2D eigenvalue weighted by Crippen LogP contribution is 2.26. The van der Waals surface area contributed by atoms with E-state index in [1.807, 2.05) is 24.3 Å². The van der Waals surface area contributed by atoms with Crippen molar-refractivity contribution in [1.82, 2.24) is 10.3 Å². The average molecular weight is 352 g/mol. The van der Waals surface area contributed by atoms with Crippen molar-refractivity contribution in [2.75, 3.05) is 13.7 Å². The number of nitrogens with zero attached hydrogens (tertiary/aromatic N) is 1. The van der Waals surface area contributed by atoms with Crippen LogP contribution in [0.3, 0.4) is 0 Å². The molecule has 25 heavy (non-hydrogen) atoms. The fraction of sp³-hybridized carbons (Fsp3) is 0.200. The molecule has 1 aromatic heterocycles. The summed E-state index contributed by atoms with van der Waals surface area (Å²) in [7, 11) is 1.59. The summed E-state index contributed by atoms with van der Waals surface area (Å²) < 4.78 is 5.14. The van der Waals surface area contributed by atoms with E-state index < -0.39 is 0 Å². The molecule has 0 saturated heterocycles. The molecule has 1 amide bonds. The monoisotopic (exact) mass is 352 g/mol. The Morgan fingerprint density at radius 2 is 2.04 bits per heavy atom. The Morgan fingerprint density at radius 3 is 2.84 bits per heavy atom. The number of amides is 1. The van der Waals surface area contributed by atoms with Gasteiger partial charge in [0.05, 0.1) is 12.8 Å². The lowest BCUT2D eigenvalue weighted by molar-refractivity contribution is 0.0953. The van der Waals surface area contributed by atoms with Crippen LogP contribution in [0.15, 0.2) is 53.9 Å². The molecule has 0 bridgehead atoms. The van der Waals surface area contributed by atoms with Gasteiger partial charge in [-0.3, -0.25) is 4.79 Å². The Balaban J connectivity index is 1.57. The van der Waals surface area contributed by atoms with Gasteiger partial charge in [0, 0.05) is 29.5 Å². The number of methoxy groups -OCH3 is 1. The van der Waals surface area contributed by atoms with Crippen molar-refractivity contribution >= 4 is 17.2 Å². The van der Waals surface area contributed by atoms with E-state index in [0.717, 1.165) is 10.7 Å². The lowest BCUT2D eigenvalue weighted by atomic mass is 10.1. The number of hydrogen-bond acceptors (Lipinski definition) is 4. The fourth-order valence-electron chi connectivity index (χ4n) is 2.53.